The highest BCUT2D eigenvalue weighted by Gasteiger charge is 2.41. The Hall–Kier alpha value is -1.10. The minimum Gasteiger partial charge on any atom is -0.392 e. The van der Waals surface area contributed by atoms with Crippen LogP contribution < -0.4 is 4.90 Å². The van der Waals surface area contributed by atoms with Crippen molar-refractivity contribution < 1.29 is 10.2 Å². The Labute approximate surface area is 133 Å². The van der Waals surface area contributed by atoms with Gasteiger partial charge in [0.05, 0.1) is 11.7 Å². The van der Waals surface area contributed by atoms with E-state index in [1.165, 1.54) is 11.3 Å². The zero-order valence-electron chi connectivity index (χ0n) is 13.7. The van der Waals surface area contributed by atoms with E-state index in [2.05, 4.69) is 41.1 Å². The smallest absolute Gasteiger partial charge is 0.0694 e. The van der Waals surface area contributed by atoms with Gasteiger partial charge in [-0.3, -0.25) is 4.90 Å². The summed E-state index contributed by atoms with van der Waals surface area (Å²) in [5.74, 6) is 0.387. The molecule has 1 aliphatic heterocycles. The molecule has 122 valence electrons. The van der Waals surface area contributed by atoms with Crippen molar-refractivity contribution in [1.29, 1.82) is 0 Å². The minimum absolute atomic E-state index is 0.387. The Kier molecular flexibility index (Phi) is 4.44. The summed E-state index contributed by atoms with van der Waals surface area (Å²) in [6.45, 7) is 5.27. The standard InChI is InChI=1S/C18H28N2O2/c1-18(22,15-7-8-15)11-16(21)13-20-10-9-19(2)17-6-4-3-5-14(17)12-20/h3-6,15-16,21-22H,7-13H2,1-2H3. The number of fused-ring (bicyclic) bond motifs is 1. The lowest BCUT2D eigenvalue weighted by atomic mass is 9.93. The van der Waals surface area contributed by atoms with Crippen molar-refractivity contribution >= 4 is 5.69 Å². The number of β-amino-alcohol motifs (C(OH)–C–C–N with tert-alkyl or cyclic N) is 1. The maximum absolute atomic E-state index is 10.4. The number of likely N-dealkylation sites (N-methyl/N-ethyl adjacent to an activating group) is 1. The highest BCUT2D eigenvalue weighted by atomic mass is 16.3. The molecule has 4 nitrogen and oxygen atoms in total. The second kappa shape index (κ2) is 6.19. The van der Waals surface area contributed by atoms with Crippen LogP contribution in [0.5, 0.6) is 0 Å². The van der Waals surface area contributed by atoms with Crippen molar-refractivity contribution in [3.05, 3.63) is 29.8 Å². The van der Waals surface area contributed by atoms with Gasteiger partial charge < -0.3 is 15.1 Å². The third-order valence-electron chi connectivity index (χ3n) is 5.12. The Morgan fingerprint density at radius 1 is 1.27 bits per heavy atom. The SMILES string of the molecule is CN1CCN(CC(O)CC(C)(O)C2CC2)Cc2ccccc21. The van der Waals surface area contributed by atoms with Gasteiger partial charge in [0.15, 0.2) is 0 Å². The van der Waals surface area contributed by atoms with Gasteiger partial charge in [-0.1, -0.05) is 18.2 Å². The molecule has 2 aliphatic rings. The van der Waals surface area contributed by atoms with Gasteiger partial charge in [-0.05, 0) is 37.3 Å². The fourth-order valence-corrected chi connectivity index (χ4v) is 3.62. The molecule has 1 aliphatic carbocycles. The molecule has 1 aromatic rings. The first-order valence-electron chi connectivity index (χ1n) is 8.37. The van der Waals surface area contributed by atoms with Gasteiger partial charge in [0.25, 0.3) is 0 Å². The van der Waals surface area contributed by atoms with Crippen LogP contribution in [0.1, 0.15) is 31.7 Å². The fourth-order valence-electron chi connectivity index (χ4n) is 3.62. The maximum atomic E-state index is 10.4. The normalized spacial score (nSPS) is 23.5. The lowest BCUT2D eigenvalue weighted by Crippen LogP contribution is -2.40. The number of aliphatic hydroxyl groups is 2. The molecule has 0 radical (unpaired) electrons. The van der Waals surface area contributed by atoms with Gasteiger partial charge in [0.2, 0.25) is 0 Å². The Morgan fingerprint density at radius 2 is 2.00 bits per heavy atom. The van der Waals surface area contributed by atoms with E-state index in [0.717, 1.165) is 32.5 Å². The number of benzene rings is 1. The molecule has 0 bridgehead atoms. The summed E-state index contributed by atoms with van der Waals surface area (Å²) in [6.07, 6.45) is 2.21. The summed E-state index contributed by atoms with van der Waals surface area (Å²) in [5.41, 5.74) is 1.88. The van der Waals surface area contributed by atoms with Crippen LogP contribution in [0.15, 0.2) is 24.3 Å². The molecule has 0 spiro atoms. The first-order chi connectivity index (χ1) is 10.5. The van der Waals surface area contributed by atoms with Crippen molar-refractivity contribution in [1.82, 2.24) is 4.90 Å². The molecule has 2 N–H and O–H groups in total. The van der Waals surface area contributed by atoms with E-state index in [1.54, 1.807) is 0 Å². The van der Waals surface area contributed by atoms with Crippen LogP contribution >= 0.6 is 0 Å². The van der Waals surface area contributed by atoms with Crippen LogP contribution in [0.25, 0.3) is 0 Å². The molecule has 22 heavy (non-hydrogen) atoms. The molecule has 2 unspecified atom stereocenters. The maximum Gasteiger partial charge on any atom is 0.0694 e. The number of rotatable bonds is 5. The van der Waals surface area contributed by atoms with E-state index in [-0.39, 0.29) is 0 Å². The van der Waals surface area contributed by atoms with Gasteiger partial charge in [-0.2, -0.15) is 0 Å². The number of para-hydroxylation sites is 1. The van der Waals surface area contributed by atoms with Crippen LogP contribution in [-0.2, 0) is 6.54 Å². The molecule has 1 saturated carbocycles. The molecule has 4 heteroatoms. The third-order valence-corrected chi connectivity index (χ3v) is 5.12. The van der Waals surface area contributed by atoms with E-state index in [0.29, 0.717) is 18.9 Å². The Morgan fingerprint density at radius 3 is 2.73 bits per heavy atom. The molecule has 3 rings (SSSR count). The van der Waals surface area contributed by atoms with Gasteiger partial charge in [0.1, 0.15) is 0 Å². The highest BCUT2D eigenvalue weighted by molar-refractivity contribution is 5.53. The summed E-state index contributed by atoms with van der Waals surface area (Å²) in [6, 6.07) is 8.47. The van der Waals surface area contributed by atoms with E-state index in [4.69, 9.17) is 0 Å². The van der Waals surface area contributed by atoms with Crippen LogP contribution in [0.2, 0.25) is 0 Å². The lowest BCUT2D eigenvalue weighted by molar-refractivity contribution is -0.0226. The first kappa shape index (κ1) is 15.8. The number of hydrogen-bond donors (Lipinski definition) is 2. The van der Waals surface area contributed by atoms with E-state index >= 15 is 0 Å². The zero-order chi connectivity index (χ0) is 15.7. The number of aliphatic hydroxyl groups excluding tert-OH is 1. The van der Waals surface area contributed by atoms with E-state index in [9.17, 15) is 10.2 Å². The molecule has 1 fully saturated rings. The Balaban J connectivity index is 1.61. The molecular formula is C18H28N2O2. The van der Waals surface area contributed by atoms with Gasteiger partial charge in [-0.25, -0.2) is 0 Å². The average molecular weight is 304 g/mol. The highest BCUT2D eigenvalue weighted by Crippen LogP contribution is 2.41. The summed E-state index contributed by atoms with van der Waals surface area (Å²) in [4.78, 5) is 4.58. The molecule has 1 heterocycles. The van der Waals surface area contributed by atoms with Crippen molar-refractivity contribution in [2.45, 2.75) is 44.4 Å². The topological polar surface area (TPSA) is 46.9 Å². The van der Waals surface area contributed by atoms with Crippen molar-refractivity contribution in [2.75, 3.05) is 31.6 Å². The molecule has 0 amide bonds. The summed E-state index contributed by atoms with van der Waals surface area (Å²) >= 11 is 0. The van der Waals surface area contributed by atoms with Crippen LogP contribution in [0.4, 0.5) is 5.69 Å². The quantitative estimate of drug-likeness (QED) is 0.871. The molecule has 0 aromatic heterocycles. The zero-order valence-corrected chi connectivity index (χ0v) is 13.7. The Bertz CT molecular complexity index is 514. The van der Waals surface area contributed by atoms with Gasteiger partial charge in [-0.15, -0.1) is 0 Å². The molecular weight excluding hydrogens is 276 g/mol. The first-order valence-corrected chi connectivity index (χ1v) is 8.37. The molecule has 2 atom stereocenters. The number of hydrogen-bond acceptors (Lipinski definition) is 4. The molecule has 1 aromatic carbocycles. The predicted octanol–water partition coefficient (Wildman–Crippen LogP) is 1.85. The van der Waals surface area contributed by atoms with E-state index in [1.807, 2.05) is 6.92 Å². The summed E-state index contributed by atoms with van der Waals surface area (Å²) in [7, 11) is 2.12. The monoisotopic (exact) mass is 304 g/mol. The van der Waals surface area contributed by atoms with Crippen molar-refractivity contribution in [3.63, 3.8) is 0 Å². The second-order valence-electron chi connectivity index (χ2n) is 7.27. The molecule has 0 saturated heterocycles. The average Bonchev–Trinajstić information content (AvgIpc) is 3.28. The largest absolute Gasteiger partial charge is 0.392 e. The van der Waals surface area contributed by atoms with Gasteiger partial charge in [0, 0.05) is 45.3 Å². The van der Waals surface area contributed by atoms with Crippen molar-refractivity contribution in [3.8, 4) is 0 Å². The number of anilines is 1. The van der Waals surface area contributed by atoms with Crippen LogP contribution in [0, 0.1) is 5.92 Å². The third kappa shape index (κ3) is 3.62. The number of nitrogens with zero attached hydrogens (tertiary/aromatic N) is 2. The lowest BCUT2D eigenvalue weighted by Gasteiger charge is -2.29. The van der Waals surface area contributed by atoms with Crippen LogP contribution in [0.3, 0.4) is 0 Å². The fraction of sp³-hybridized carbons (Fsp3) is 0.667. The second-order valence-corrected chi connectivity index (χ2v) is 7.27. The van der Waals surface area contributed by atoms with Crippen molar-refractivity contribution in [2.24, 2.45) is 5.92 Å². The van der Waals surface area contributed by atoms with Gasteiger partial charge >= 0.3 is 0 Å². The minimum atomic E-state index is -0.708. The van der Waals surface area contributed by atoms with E-state index < -0.39 is 11.7 Å². The van der Waals surface area contributed by atoms with Crippen LogP contribution in [-0.4, -0.2) is 53.5 Å². The predicted molar refractivity (Wildman–Crippen MR) is 89.0 cm³/mol. The summed E-state index contributed by atoms with van der Waals surface area (Å²) < 4.78 is 0. The summed E-state index contributed by atoms with van der Waals surface area (Å²) in [5, 5.41) is 20.8.